The van der Waals surface area contributed by atoms with E-state index in [2.05, 4.69) is 28.9 Å². The Morgan fingerprint density at radius 3 is 2.63 bits per heavy atom. The van der Waals surface area contributed by atoms with Crippen LogP contribution in [0.25, 0.3) is 0 Å². The lowest BCUT2D eigenvalue weighted by atomic mass is 10.2. The fourth-order valence-electron chi connectivity index (χ4n) is 1.78. The van der Waals surface area contributed by atoms with Crippen molar-refractivity contribution in [3.63, 3.8) is 0 Å². The van der Waals surface area contributed by atoms with Gasteiger partial charge in [-0.2, -0.15) is 5.10 Å². The molecule has 0 aliphatic carbocycles. The summed E-state index contributed by atoms with van der Waals surface area (Å²) in [5.74, 6) is 0.448. The molecular weight excluding hydrogens is 240 g/mol. The van der Waals surface area contributed by atoms with Gasteiger partial charge < -0.3 is 5.11 Å². The summed E-state index contributed by atoms with van der Waals surface area (Å²) in [5.41, 5.74) is 1.84. The zero-order chi connectivity index (χ0) is 13.8. The van der Waals surface area contributed by atoms with E-state index in [-0.39, 0.29) is 0 Å². The van der Waals surface area contributed by atoms with Crippen molar-refractivity contribution in [1.82, 2.24) is 19.7 Å². The highest BCUT2D eigenvalue weighted by Crippen LogP contribution is 2.15. The SMILES string of the molecule is CCC(C)n1ccc(CC(O)c2ncc(C)cn2)n1. The third-order valence-corrected chi connectivity index (χ3v) is 3.21. The molecule has 2 heterocycles. The van der Waals surface area contributed by atoms with Gasteiger partial charge in [0.05, 0.1) is 5.69 Å². The van der Waals surface area contributed by atoms with Crippen molar-refractivity contribution in [2.45, 2.75) is 45.8 Å². The first-order valence-corrected chi connectivity index (χ1v) is 6.60. The molecule has 0 saturated carbocycles. The number of hydrogen-bond donors (Lipinski definition) is 1. The number of hydrogen-bond acceptors (Lipinski definition) is 4. The highest BCUT2D eigenvalue weighted by molar-refractivity contribution is 5.07. The minimum Gasteiger partial charge on any atom is -0.385 e. The van der Waals surface area contributed by atoms with E-state index in [9.17, 15) is 5.11 Å². The number of rotatable bonds is 5. The Hall–Kier alpha value is -1.75. The molecule has 2 atom stereocenters. The second-order valence-corrected chi connectivity index (χ2v) is 4.88. The Kier molecular flexibility index (Phi) is 4.27. The van der Waals surface area contributed by atoms with Gasteiger partial charge in [-0.25, -0.2) is 9.97 Å². The van der Waals surface area contributed by atoms with E-state index in [0.717, 1.165) is 17.7 Å². The van der Waals surface area contributed by atoms with E-state index in [0.29, 0.717) is 18.3 Å². The first-order valence-electron chi connectivity index (χ1n) is 6.60. The molecule has 0 amide bonds. The smallest absolute Gasteiger partial charge is 0.157 e. The fraction of sp³-hybridized carbons (Fsp3) is 0.500. The van der Waals surface area contributed by atoms with Gasteiger partial charge in [-0.05, 0) is 31.9 Å². The van der Waals surface area contributed by atoms with E-state index in [4.69, 9.17) is 0 Å². The number of aliphatic hydroxyl groups is 1. The number of nitrogens with zero attached hydrogens (tertiary/aromatic N) is 4. The number of aliphatic hydroxyl groups excluding tert-OH is 1. The van der Waals surface area contributed by atoms with Crippen molar-refractivity contribution in [2.75, 3.05) is 0 Å². The summed E-state index contributed by atoms with van der Waals surface area (Å²) in [6.45, 7) is 6.17. The first-order chi connectivity index (χ1) is 9.10. The molecule has 0 fully saturated rings. The molecular formula is C14H20N4O. The van der Waals surface area contributed by atoms with Gasteiger partial charge in [-0.1, -0.05) is 6.92 Å². The predicted molar refractivity (Wildman–Crippen MR) is 72.7 cm³/mol. The molecule has 102 valence electrons. The first kappa shape index (κ1) is 13.7. The molecule has 0 bridgehead atoms. The van der Waals surface area contributed by atoms with Gasteiger partial charge in [0.25, 0.3) is 0 Å². The molecule has 2 aromatic rings. The van der Waals surface area contributed by atoms with Crippen molar-refractivity contribution in [3.8, 4) is 0 Å². The molecule has 0 saturated heterocycles. The van der Waals surface area contributed by atoms with Gasteiger partial charge in [0.1, 0.15) is 6.10 Å². The molecule has 2 rings (SSSR count). The van der Waals surface area contributed by atoms with Crippen molar-refractivity contribution >= 4 is 0 Å². The highest BCUT2D eigenvalue weighted by atomic mass is 16.3. The van der Waals surface area contributed by atoms with Crippen LogP contribution in [0.1, 0.15) is 49.5 Å². The van der Waals surface area contributed by atoms with Gasteiger partial charge in [0.15, 0.2) is 5.82 Å². The minimum absolute atomic E-state index is 0.376. The second kappa shape index (κ2) is 5.93. The third kappa shape index (κ3) is 3.38. The van der Waals surface area contributed by atoms with Gasteiger partial charge in [0.2, 0.25) is 0 Å². The third-order valence-electron chi connectivity index (χ3n) is 3.21. The van der Waals surface area contributed by atoms with Crippen LogP contribution in [0.15, 0.2) is 24.7 Å². The van der Waals surface area contributed by atoms with Crippen LogP contribution in [-0.4, -0.2) is 24.9 Å². The van der Waals surface area contributed by atoms with E-state index >= 15 is 0 Å². The average molecular weight is 260 g/mol. The van der Waals surface area contributed by atoms with Crippen LogP contribution < -0.4 is 0 Å². The molecule has 5 heteroatoms. The topological polar surface area (TPSA) is 63.8 Å². The molecule has 0 radical (unpaired) electrons. The molecule has 19 heavy (non-hydrogen) atoms. The van der Waals surface area contributed by atoms with Gasteiger partial charge in [0, 0.05) is 31.1 Å². The van der Waals surface area contributed by atoms with Gasteiger partial charge >= 0.3 is 0 Å². The second-order valence-electron chi connectivity index (χ2n) is 4.88. The normalized spacial score (nSPS) is 14.3. The Morgan fingerprint density at radius 1 is 1.32 bits per heavy atom. The molecule has 0 aliphatic rings. The van der Waals surface area contributed by atoms with Crippen LogP contribution in [-0.2, 0) is 6.42 Å². The summed E-state index contributed by atoms with van der Waals surface area (Å²) in [6, 6.07) is 2.31. The lowest BCUT2D eigenvalue weighted by Gasteiger charge is -2.09. The lowest BCUT2D eigenvalue weighted by molar-refractivity contribution is 0.166. The van der Waals surface area contributed by atoms with Gasteiger partial charge in [-0.3, -0.25) is 4.68 Å². The fourth-order valence-corrected chi connectivity index (χ4v) is 1.78. The highest BCUT2D eigenvalue weighted by Gasteiger charge is 2.14. The van der Waals surface area contributed by atoms with Crippen LogP contribution in [0.5, 0.6) is 0 Å². The molecule has 0 aliphatic heterocycles. The summed E-state index contributed by atoms with van der Waals surface area (Å²) in [6.07, 6.45) is 6.14. The number of aromatic nitrogens is 4. The van der Waals surface area contributed by atoms with Crippen LogP contribution >= 0.6 is 0 Å². The van der Waals surface area contributed by atoms with E-state index in [1.54, 1.807) is 12.4 Å². The predicted octanol–water partition coefficient (Wildman–Crippen LogP) is 2.23. The van der Waals surface area contributed by atoms with E-state index < -0.39 is 6.10 Å². The zero-order valence-electron chi connectivity index (χ0n) is 11.6. The Balaban J connectivity index is 2.04. The maximum atomic E-state index is 10.1. The zero-order valence-corrected chi connectivity index (χ0v) is 11.6. The summed E-state index contributed by atoms with van der Waals surface area (Å²) < 4.78 is 1.93. The van der Waals surface area contributed by atoms with Crippen molar-refractivity contribution in [2.24, 2.45) is 0 Å². The largest absolute Gasteiger partial charge is 0.385 e. The van der Waals surface area contributed by atoms with Crippen molar-refractivity contribution < 1.29 is 5.11 Å². The molecule has 2 unspecified atom stereocenters. The van der Waals surface area contributed by atoms with Crippen molar-refractivity contribution in [3.05, 3.63) is 41.7 Å². The van der Waals surface area contributed by atoms with Gasteiger partial charge in [-0.15, -0.1) is 0 Å². The Morgan fingerprint density at radius 2 is 2.00 bits per heavy atom. The van der Waals surface area contributed by atoms with Crippen LogP contribution in [0.4, 0.5) is 0 Å². The van der Waals surface area contributed by atoms with E-state index in [1.165, 1.54) is 0 Å². The maximum Gasteiger partial charge on any atom is 0.157 e. The average Bonchev–Trinajstić information content (AvgIpc) is 2.87. The Bertz CT molecular complexity index is 520. The van der Waals surface area contributed by atoms with Crippen LogP contribution in [0, 0.1) is 6.92 Å². The summed E-state index contributed by atoms with van der Waals surface area (Å²) >= 11 is 0. The quantitative estimate of drug-likeness (QED) is 0.895. The van der Waals surface area contributed by atoms with E-state index in [1.807, 2.05) is 23.9 Å². The summed E-state index contributed by atoms with van der Waals surface area (Å²) in [5, 5.41) is 14.6. The summed E-state index contributed by atoms with van der Waals surface area (Å²) in [7, 11) is 0. The molecule has 0 spiro atoms. The maximum absolute atomic E-state index is 10.1. The lowest BCUT2D eigenvalue weighted by Crippen LogP contribution is -2.09. The summed E-state index contributed by atoms with van der Waals surface area (Å²) in [4.78, 5) is 8.27. The monoisotopic (exact) mass is 260 g/mol. The van der Waals surface area contributed by atoms with Crippen LogP contribution in [0.3, 0.4) is 0 Å². The molecule has 1 N–H and O–H groups in total. The molecule has 5 nitrogen and oxygen atoms in total. The minimum atomic E-state index is -0.708. The van der Waals surface area contributed by atoms with Crippen LogP contribution in [0.2, 0.25) is 0 Å². The standard InChI is InChI=1S/C14H20N4O/c1-4-11(3)18-6-5-12(17-18)7-13(19)14-15-8-10(2)9-16-14/h5-6,8-9,11,13,19H,4,7H2,1-3H3. The molecule has 0 aromatic carbocycles. The Labute approximate surface area is 113 Å². The number of aryl methyl sites for hydroxylation is 1. The van der Waals surface area contributed by atoms with Crippen molar-refractivity contribution in [1.29, 1.82) is 0 Å². The molecule has 2 aromatic heterocycles.